The number of aliphatic hydroxyl groups excluding tert-OH is 1. The zero-order valence-corrected chi connectivity index (χ0v) is 14.7. The Hall–Kier alpha value is -3.06. The average Bonchev–Trinajstić information content (AvgIpc) is 2.65. The first-order valence-electron chi connectivity index (χ1n) is 8.52. The van der Waals surface area contributed by atoms with Crippen LogP contribution in [0.4, 0.5) is 0 Å². The number of aromatic hydroxyl groups is 1. The minimum Gasteiger partial charge on any atom is -0.507 e. The summed E-state index contributed by atoms with van der Waals surface area (Å²) in [5.74, 6) is -1.19. The zero-order valence-electron chi connectivity index (χ0n) is 14.7. The molecule has 0 saturated carbocycles. The van der Waals surface area contributed by atoms with E-state index in [0.29, 0.717) is 19.4 Å². The van der Waals surface area contributed by atoms with Crippen molar-refractivity contribution in [2.45, 2.75) is 12.8 Å². The monoisotopic (exact) mass is 374 g/mol. The van der Waals surface area contributed by atoms with Crippen LogP contribution in [0.1, 0.15) is 23.2 Å². The number of hydrogen-bond donors (Lipinski definition) is 3. The fourth-order valence-corrected chi connectivity index (χ4v) is 2.44. The molecular weight excluding hydrogens is 352 g/mol. The van der Waals surface area contributed by atoms with Gasteiger partial charge in [-0.1, -0.05) is 18.2 Å². The molecule has 1 aromatic carbocycles. The largest absolute Gasteiger partial charge is 0.507 e. The highest BCUT2D eigenvalue weighted by Crippen LogP contribution is 2.29. The van der Waals surface area contributed by atoms with E-state index < -0.39 is 18.4 Å². The second kappa shape index (κ2) is 10.2. The number of carbonyl (C=O) groups excluding carboxylic acids is 1. The highest BCUT2D eigenvalue weighted by Gasteiger charge is 2.17. The first-order chi connectivity index (χ1) is 13.0. The number of carboxylic acids is 1. The van der Waals surface area contributed by atoms with Gasteiger partial charge in [-0.3, -0.25) is 4.79 Å². The van der Waals surface area contributed by atoms with Crippen molar-refractivity contribution in [1.82, 2.24) is 0 Å². The summed E-state index contributed by atoms with van der Waals surface area (Å²) >= 11 is 0. The average molecular weight is 374 g/mol. The zero-order chi connectivity index (χ0) is 19.6. The lowest BCUT2D eigenvalue weighted by atomic mass is 9.98. The van der Waals surface area contributed by atoms with Gasteiger partial charge in [-0.15, -0.1) is 0 Å². The third kappa shape index (κ3) is 6.31. The van der Waals surface area contributed by atoms with Gasteiger partial charge in [0.1, 0.15) is 22.8 Å². The van der Waals surface area contributed by atoms with Gasteiger partial charge in [0.05, 0.1) is 6.61 Å². The van der Waals surface area contributed by atoms with E-state index in [2.05, 4.69) is 0 Å². The maximum Gasteiger partial charge on any atom is 0.341 e. The van der Waals surface area contributed by atoms with Crippen molar-refractivity contribution in [1.29, 1.82) is 0 Å². The first kappa shape index (κ1) is 20.3. The smallest absolute Gasteiger partial charge is 0.341 e. The Bertz CT molecular complexity index is 762. The summed E-state index contributed by atoms with van der Waals surface area (Å²) < 4.78 is 10.6. The van der Waals surface area contributed by atoms with Crippen LogP contribution in [0, 0.1) is 5.92 Å². The molecule has 0 fully saturated rings. The van der Waals surface area contributed by atoms with Crippen molar-refractivity contribution < 1.29 is 34.4 Å². The SMILES string of the molecule is O=C(O)COc1cccc(O)c1C(=O)C=CC1C=CC(OCCCO)=CC1. The number of carboxylic acid groups (broad SMARTS) is 1. The third-order valence-electron chi connectivity index (χ3n) is 3.77. The molecule has 1 atom stereocenters. The topological polar surface area (TPSA) is 113 Å². The Morgan fingerprint density at radius 2 is 2.07 bits per heavy atom. The van der Waals surface area contributed by atoms with Crippen molar-refractivity contribution in [3.8, 4) is 11.5 Å². The van der Waals surface area contributed by atoms with E-state index in [1.54, 1.807) is 6.08 Å². The lowest BCUT2D eigenvalue weighted by molar-refractivity contribution is -0.139. The van der Waals surface area contributed by atoms with E-state index in [9.17, 15) is 14.7 Å². The number of phenolic OH excluding ortho intramolecular Hbond substituents is 1. The number of rotatable bonds is 10. The summed E-state index contributed by atoms with van der Waals surface area (Å²) in [5.41, 5.74) is -0.0710. The maximum absolute atomic E-state index is 12.5. The fraction of sp³-hybridized carbons (Fsp3) is 0.300. The summed E-state index contributed by atoms with van der Waals surface area (Å²) in [4.78, 5) is 23.1. The number of ketones is 1. The number of hydrogen-bond acceptors (Lipinski definition) is 6. The molecule has 7 heteroatoms. The van der Waals surface area contributed by atoms with Crippen molar-refractivity contribution in [2.75, 3.05) is 19.8 Å². The number of carbonyl (C=O) groups is 2. The Morgan fingerprint density at radius 1 is 1.26 bits per heavy atom. The van der Waals surface area contributed by atoms with Gasteiger partial charge in [0.25, 0.3) is 0 Å². The molecule has 1 aromatic rings. The van der Waals surface area contributed by atoms with Gasteiger partial charge in [-0.2, -0.15) is 0 Å². The van der Waals surface area contributed by atoms with E-state index in [1.807, 2.05) is 18.2 Å². The Labute approximate surface area is 156 Å². The molecule has 7 nitrogen and oxygen atoms in total. The van der Waals surface area contributed by atoms with Crippen LogP contribution in [0.3, 0.4) is 0 Å². The van der Waals surface area contributed by atoms with Crippen molar-refractivity contribution in [2.24, 2.45) is 5.92 Å². The van der Waals surface area contributed by atoms with Gasteiger partial charge in [0.2, 0.25) is 0 Å². The lowest BCUT2D eigenvalue weighted by Crippen LogP contribution is -2.11. The second-order valence-electron chi connectivity index (χ2n) is 5.85. The summed E-state index contributed by atoms with van der Waals surface area (Å²) in [6.45, 7) is -0.0876. The van der Waals surface area contributed by atoms with E-state index in [-0.39, 0.29) is 29.6 Å². The minimum absolute atomic E-state index is 0.00613. The molecule has 0 radical (unpaired) electrons. The summed E-state index contributed by atoms with van der Waals surface area (Å²) in [6.07, 6.45) is 9.86. The van der Waals surface area contributed by atoms with Crippen molar-refractivity contribution in [3.05, 3.63) is 59.9 Å². The molecule has 0 aromatic heterocycles. The van der Waals surface area contributed by atoms with Crippen molar-refractivity contribution >= 4 is 11.8 Å². The first-order valence-corrected chi connectivity index (χ1v) is 8.52. The van der Waals surface area contributed by atoms with Gasteiger partial charge in [-0.05, 0) is 42.7 Å². The minimum atomic E-state index is -1.18. The molecule has 1 aliphatic carbocycles. The normalized spacial score (nSPS) is 16.2. The maximum atomic E-state index is 12.5. The molecule has 0 heterocycles. The standard InChI is InChI=1S/C20H22O7/c21-11-2-12-26-15-8-5-14(6-9-15)7-10-17(23)20-16(22)3-1-4-18(20)27-13-19(24)25/h1,3-5,7-10,14,21-22H,2,6,11-13H2,(H,24,25). The molecule has 27 heavy (non-hydrogen) atoms. The number of aliphatic carboxylic acids is 1. The second-order valence-corrected chi connectivity index (χ2v) is 5.85. The predicted molar refractivity (Wildman–Crippen MR) is 97.7 cm³/mol. The molecule has 0 aliphatic heterocycles. The molecular formula is C20H22O7. The van der Waals surface area contributed by atoms with Crippen LogP contribution < -0.4 is 4.74 Å². The van der Waals surface area contributed by atoms with E-state index in [1.165, 1.54) is 24.3 Å². The van der Waals surface area contributed by atoms with Gasteiger partial charge < -0.3 is 24.8 Å². The number of aliphatic hydroxyl groups is 1. The van der Waals surface area contributed by atoms with Crippen LogP contribution in [0.5, 0.6) is 11.5 Å². The molecule has 0 saturated heterocycles. The summed E-state index contributed by atoms with van der Waals surface area (Å²) in [5, 5.41) is 27.4. The molecule has 0 amide bonds. The lowest BCUT2D eigenvalue weighted by Gasteiger charge is -2.14. The molecule has 0 bridgehead atoms. The number of phenols is 1. The van der Waals surface area contributed by atoms with Crippen LogP contribution in [0.25, 0.3) is 0 Å². The Balaban J connectivity index is 2.00. The Kier molecular flexibility index (Phi) is 7.63. The van der Waals surface area contributed by atoms with Crippen LogP contribution in [-0.2, 0) is 9.53 Å². The highest BCUT2D eigenvalue weighted by molar-refractivity contribution is 6.08. The van der Waals surface area contributed by atoms with Gasteiger partial charge in [0.15, 0.2) is 12.4 Å². The molecule has 0 spiro atoms. The number of ether oxygens (including phenoxy) is 2. The quantitative estimate of drug-likeness (QED) is 0.327. The van der Waals surface area contributed by atoms with Gasteiger partial charge in [-0.25, -0.2) is 4.79 Å². The van der Waals surface area contributed by atoms with Crippen LogP contribution in [0.15, 0.2) is 54.3 Å². The van der Waals surface area contributed by atoms with Crippen LogP contribution >= 0.6 is 0 Å². The predicted octanol–water partition coefficient (Wildman–Crippen LogP) is 2.45. The molecule has 2 rings (SSSR count). The highest BCUT2D eigenvalue weighted by atomic mass is 16.5. The van der Waals surface area contributed by atoms with E-state index in [4.69, 9.17) is 19.7 Å². The summed E-state index contributed by atoms with van der Waals surface area (Å²) in [6, 6.07) is 4.25. The molecule has 1 aliphatic rings. The van der Waals surface area contributed by atoms with Crippen LogP contribution in [0.2, 0.25) is 0 Å². The van der Waals surface area contributed by atoms with Gasteiger partial charge in [0, 0.05) is 13.0 Å². The Morgan fingerprint density at radius 3 is 2.74 bits per heavy atom. The van der Waals surface area contributed by atoms with Crippen LogP contribution in [-0.4, -0.2) is 46.9 Å². The fourth-order valence-electron chi connectivity index (χ4n) is 2.44. The molecule has 3 N–H and O–H groups in total. The summed E-state index contributed by atoms with van der Waals surface area (Å²) in [7, 11) is 0. The molecule has 144 valence electrons. The van der Waals surface area contributed by atoms with Crippen molar-refractivity contribution in [3.63, 3.8) is 0 Å². The van der Waals surface area contributed by atoms with E-state index in [0.717, 1.165) is 5.76 Å². The molecule has 1 unspecified atom stereocenters. The van der Waals surface area contributed by atoms with E-state index >= 15 is 0 Å². The number of benzene rings is 1. The third-order valence-corrected chi connectivity index (χ3v) is 3.77. The number of allylic oxidation sites excluding steroid dienone is 5. The van der Waals surface area contributed by atoms with Gasteiger partial charge >= 0.3 is 5.97 Å².